The largest absolute Gasteiger partial charge is 0.459 e. The second kappa shape index (κ2) is 7.26. The van der Waals surface area contributed by atoms with Gasteiger partial charge in [-0.15, -0.1) is 0 Å². The Balaban J connectivity index is 1.77. The lowest BCUT2D eigenvalue weighted by Gasteiger charge is -2.34. The zero-order valence-electron chi connectivity index (χ0n) is 12.7. The van der Waals surface area contributed by atoms with E-state index in [2.05, 4.69) is 19.2 Å². The summed E-state index contributed by atoms with van der Waals surface area (Å²) in [6.45, 7) is 6.76. The third-order valence-corrected chi connectivity index (χ3v) is 3.87. The van der Waals surface area contributed by atoms with Gasteiger partial charge in [-0.25, -0.2) is 0 Å². The molecule has 1 unspecified atom stereocenters. The van der Waals surface area contributed by atoms with E-state index in [0.29, 0.717) is 44.5 Å². The van der Waals surface area contributed by atoms with Crippen molar-refractivity contribution in [1.29, 1.82) is 0 Å². The van der Waals surface area contributed by atoms with Crippen LogP contribution in [0.2, 0.25) is 0 Å². The molecule has 6 nitrogen and oxygen atoms in total. The van der Waals surface area contributed by atoms with Gasteiger partial charge in [-0.3, -0.25) is 9.59 Å². The summed E-state index contributed by atoms with van der Waals surface area (Å²) in [6, 6.07) is 3.71. The number of furan rings is 1. The predicted octanol–water partition coefficient (Wildman–Crippen LogP) is 0.952. The molecule has 2 rings (SSSR count). The van der Waals surface area contributed by atoms with Gasteiger partial charge in [0.25, 0.3) is 5.91 Å². The lowest BCUT2D eigenvalue weighted by molar-refractivity contribution is -0.131. The first-order valence-electron chi connectivity index (χ1n) is 7.45. The van der Waals surface area contributed by atoms with Crippen LogP contribution in [0.25, 0.3) is 0 Å². The molecule has 0 bridgehead atoms. The van der Waals surface area contributed by atoms with Gasteiger partial charge in [0.15, 0.2) is 5.76 Å². The van der Waals surface area contributed by atoms with Gasteiger partial charge in [-0.2, -0.15) is 0 Å². The third-order valence-electron chi connectivity index (χ3n) is 3.87. The minimum atomic E-state index is -0.107. The summed E-state index contributed by atoms with van der Waals surface area (Å²) in [5.41, 5.74) is 0. The van der Waals surface area contributed by atoms with E-state index in [9.17, 15) is 9.59 Å². The number of rotatable bonds is 5. The first-order valence-corrected chi connectivity index (χ1v) is 7.45. The van der Waals surface area contributed by atoms with Gasteiger partial charge < -0.3 is 19.5 Å². The monoisotopic (exact) mass is 293 g/mol. The van der Waals surface area contributed by atoms with Gasteiger partial charge >= 0.3 is 0 Å². The fourth-order valence-corrected chi connectivity index (χ4v) is 2.23. The Hall–Kier alpha value is -1.82. The summed E-state index contributed by atoms with van der Waals surface area (Å²) < 4.78 is 5.12. The number of amides is 2. The smallest absolute Gasteiger partial charge is 0.289 e. The van der Waals surface area contributed by atoms with Crippen molar-refractivity contribution in [2.45, 2.75) is 26.3 Å². The maximum absolute atomic E-state index is 12.1. The van der Waals surface area contributed by atoms with Gasteiger partial charge in [0.1, 0.15) is 0 Å². The average Bonchev–Trinajstić information content (AvgIpc) is 3.06. The Bertz CT molecular complexity index is 465. The van der Waals surface area contributed by atoms with Crippen molar-refractivity contribution >= 4 is 11.8 Å². The number of hydrogen-bond donors (Lipinski definition) is 1. The van der Waals surface area contributed by atoms with E-state index < -0.39 is 0 Å². The van der Waals surface area contributed by atoms with E-state index in [0.717, 1.165) is 6.42 Å². The van der Waals surface area contributed by atoms with E-state index in [1.54, 1.807) is 21.9 Å². The fraction of sp³-hybridized carbons (Fsp3) is 0.600. The van der Waals surface area contributed by atoms with E-state index in [4.69, 9.17) is 4.42 Å². The number of piperazine rings is 1. The van der Waals surface area contributed by atoms with Gasteiger partial charge in [0.2, 0.25) is 5.91 Å². The summed E-state index contributed by atoms with van der Waals surface area (Å²) >= 11 is 0. The second-order valence-electron chi connectivity index (χ2n) is 5.34. The van der Waals surface area contributed by atoms with Crippen molar-refractivity contribution in [1.82, 2.24) is 15.1 Å². The molecule has 2 amide bonds. The van der Waals surface area contributed by atoms with Crippen molar-refractivity contribution in [3.05, 3.63) is 24.2 Å². The van der Waals surface area contributed by atoms with Crippen LogP contribution in [-0.4, -0.2) is 60.4 Å². The quantitative estimate of drug-likeness (QED) is 0.878. The summed E-state index contributed by atoms with van der Waals surface area (Å²) in [7, 11) is 0. The first-order chi connectivity index (χ1) is 10.1. The number of nitrogens with zero attached hydrogens (tertiary/aromatic N) is 2. The van der Waals surface area contributed by atoms with E-state index in [1.807, 2.05) is 0 Å². The van der Waals surface area contributed by atoms with E-state index in [-0.39, 0.29) is 11.8 Å². The Morgan fingerprint density at radius 1 is 1.29 bits per heavy atom. The van der Waals surface area contributed by atoms with Gasteiger partial charge in [0, 0.05) is 32.2 Å². The van der Waals surface area contributed by atoms with Crippen LogP contribution < -0.4 is 5.32 Å². The predicted molar refractivity (Wildman–Crippen MR) is 78.9 cm³/mol. The molecule has 0 radical (unpaired) electrons. The zero-order valence-corrected chi connectivity index (χ0v) is 12.7. The minimum absolute atomic E-state index is 0.0976. The van der Waals surface area contributed by atoms with Crippen LogP contribution >= 0.6 is 0 Å². The van der Waals surface area contributed by atoms with Crippen LogP contribution in [0.15, 0.2) is 22.8 Å². The van der Waals surface area contributed by atoms with Crippen LogP contribution in [0.3, 0.4) is 0 Å². The topological polar surface area (TPSA) is 65.8 Å². The highest BCUT2D eigenvalue weighted by Crippen LogP contribution is 2.09. The molecule has 116 valence electrons. The molecule has 0 aliphatic carbocycles. The van der Waals surface area contributed by atoms with Crippen LogP contribution in [0.4, 0.5) is 0 Å². The van der Waals surface area contributed by atoms with E-state index in [1.165, 1.54) is 6.26 Å². The highest BCUT2D eigenvalue weighted by atomic mass is 16.3. The molecule has 1 aromatic rings. The van der Waals surface area contributed by atoms with Crippen LogP contribution in [0, 0.1) is 0 Å². The SMILES string of the molecule is CCC(C)NCC(=O)N1CCN(C(=O)c2ccco2)CC1. The maximum Gasteiger partial charge on any atom is 0.289 e. The molecule has 1 aliphatic heterocycles. The standard InChI is InChI=1S/C15H23N3O3/c1-3-12(2)16-11-14(19)17-6-8-18(9-7-17)15(20)13-5-4-10-21-13/h4-5,10,12,16H,3,6-9,11H2,1-2H3. The van der Waals surface area contributed by atoms with Crippen molar-refractivity contribution in [2.75, 3.05) is 32.7 Å². The number of nitrogens with one attached hydrogen (secondary N) is 1. The molecule has 1 N–H and O–H groups in total. The molecule has 1 aliphatic rings. The minimum Gasteiger partial charge on any atom is -0.459 e. The average molecular weight is 293 g/mol. The van der Waals surface area contributed by atoms with Gasteiger partial charge in [-0.1, -0.05) is 6.92 Å². The molecule has 0 aromatic carbocycles. The highest BCUT2D eigenvalue weighted by molar-refractivity contribution is 5.91. The number of carbonyl (C=O) groups excluding carboxylic acids is 2. The first kappa shape index (κ1) is 15.6. The normalized spacial score (nSPS) is 16.9. The molecule has 1 aromatic heterocycles. The Labute approximate surface area is 125 Å². The van der Waals surface area contributed by atoms with Crippen LogP contribution in [0.1, 0.15) is 30.8 Å². The number of hydrogen-bond acceptors (Lipinski definition) is 4. The Kier molecular flexibility index (Phi) is 5.38. The van der Waals surface area contributed by atoms with Crippen molar-refractivity contribution in [3.8, 4) is 0 Å². The summed E-state index contributed by atoms with van der Waals surface area (Å²) in [5, 5.41) is 3.20. The second-order valence-corrected chi connectivity index (χ2v) is 5.34. The Morgan fingerprint density at radius 3 is 2.52 bits per heavy atom. The highest BCUT2D eigenvalue weighted by Gasteiger charge is 2.25. The van der Waals surface area contributed by atoms with Gasteiger partial charge in [0.05, 0.1) is 12.8 Å². The Morgan fingerprint density at radius 2 is 1.95 bits per heavy atom. The van der Waals surface area contributed by atoms with Gasteiger partial charge in [-0.05, 0) is 25.5 Å². The molecular formula is C15H23N3O3. The molecule has 2 heterocycles. The molecule has 0 saturated carbocycles. The summed E-state index contributed by atoms with van der Waals surface area (Å²) in [4.78, 5) is 27.7. The molecular weight excluding hydrogens is 270 g/mol. The van der Waals surface area contributed by atoms with Crippen molar-refractivity contribution < 1.29 is 14.0 Å². The molecule has 0 spiro atoms. The van der Waals surface area contributed by atoms with E-state index >= 15 is 0 Å². The summed E-state index contributed by atoms with van der Waals surface area (Å²) in [6.07, 6.45) is 2.49. The molecule has 1 saturated heterocycles. The zero-order chi connectivity index (χ0) is 15.2. The van der Waals surface area contributed by atoms with Crippen molar-refractivity contribution in [2.24, 2.45) is 0 Å². The van der Waals surface area contributed by atoms with Crippen LogP contribution in [-0.2, 0) is 4.79 Å². The molecule has 1 atom stereocenters. The maximum atomic E-state index is 12.1. The molecule has 6 heteroatoms. The third kappa shape index (κ3) is 4.07. The number of carbonyl (C=O) groups is 2. The molecule has 21 heavy (non-hydrogen) atoms. The fourth-order valence-electron chi connectivity index (χ4n) is 2.23. The lowest BCUT2D eigenvalue weighted by Crippen LogP contribution is -2.52. The summed E-state index contributed by atoms with van der Waals surface area (Å²) in [5.74, 6) is 0.346. The van der Waals surface area contributed by atoms with Crippen molar-refractivity contribution in [3.63, 3.8) is 0 Å². The van der Waals surface area contributed by atoms with Crippen LogP contribution in [0.5, 0.6) is 0 Å². The molecule has 1 fully saturated rings. The lowest BCUT2D eigenvalue weighted by atomic mass is 10.2.